The van der Waals surface area contributed by atoms with Crippen LogP contribution in [0.3, 0.4) is 0 Å². The van der Waals surface area contributed by atoms with Crippen LogP contribution in [0.5, 0.6) is 11.5 Å². The molecule has 1 aromatic heterocycles. The minimum atomic E-state index is -0.141. The van der Waals surface area contributed by atoms with Crippen LogP contribution in [-0.4, -0.2) is 66.5 Å². The summed E-state index contributed by atoms with van der Waals surface area (Å²) in [6.45, 7) is 7.34. The topological polar surface area (TPSA) is 64.0 Å². The van der Waals surface area contributed by atoms with Crippen LogP contribution in [0, 0.1) is 0 Å². The minimum Gasteiger partial charge on any atom is -0.493 e. The number of hydrogen-bond acceptors (Lipinski definition) is 5. The van der Waals surface area contributed by atoms with Crippen molar-refractivity contribution < 1.29 is 19.1 Å². The lowest BCUT2D eigenvalue weighted by atomic mass is 9.81. The van der Waals surface area contributed by atoms with E-state index in [1.165, 1.54) is 5.69 Å². The van der Waals surface area contributed by atoms with E-state index in [2.05, 4.69) is 29.5 Å². The van der Waals surface area contributed by atoms with Gasteiger partial charge in [-0.15, -0.1) is 0 Å². The Morgan fingerprint density at radius 1 is 1.03 bits per heavy atom. The molecule has 1 fully saturated rings. The Labute approximate surface area is 189 Å². The van der Waals surface area contributed by atoms with E-state index in [9.17, 15) is 9.59 Å². The Bertz CT molecular complexity index is 1000. The monoisotopic (exact) mass is 439 g/mol. The van der Waals surface area contributed by atoms with Gasteiger partial charge in [0.05, 0.1) is 24.9 Å². The van der Waals surface area contributed by atoms with E-state index in [-0.39, 0.29) is 17.2 Å². The average molecular weight is 440 g/mol. The maximum atomic E-state index is 13.3. The zero-order valence-electron chi connectivity index (χ0n) is 19.5. The number of piperidine rings is 1. The fourth-order valence-electron chi connectivity index (χ4n) is 5.11. The number of rotatable bonds is 6. The minimum absolute atomic E-state index is 0.0125. The number of benzene rings is 1. The summed E-state index contributed by atoms with van der Waals surface area (Å²) in [4.78, 5) is 29.6. The highest BCUT2D eigenvalue weighted by atomic mass is 16.5. The second-order valence-corrected chi connectivity index (χ2v) is 8.77. The second-order valence-electron chi connectivity index (χ2n) is 8.77. The smallest absolute Gasteiger partial charge is 0.253 e. The van der Waals surface area contributed by atoms with Crippen LogP contribution in [-0.2, 0) is 12.1 Å². The molecular weight excluding hydrogens is 406 g/mol. The lowest BCUT2D eigenvalue weighted by Crippen LogP contribution is -2.56. The zero-order valence-corrected chi connectivity index (χ0v) is 19.5. The molecule has 3 heterocycles. The van der Waals surface area contributed by atoms with Gasteiger partial charge in [-0.1, -0.05) is 6.92 Å². The number of aromatic nitrogens is 1. The predicted molar refractivity (Wildman–Crippen MR) is 123 cm³/mol. The first-order valence-electron chi connectivity index (χ1n) is 11.4. The molecule has 1 amide bonds. The van der Waals surface area contributed by atoms with E-state index in [0.29, 0.717) is 36.8 Å². The van der Waals surface area contributed by atoms with Gasteiger partial charge in [0.1, 0.15) is 0 Å². The molecule has 4 rings (SSSR count). The molecule has 0 aliphatic carbocycles. The summed E-state index contributed by atoms with van der Waals surface area (Å²) in [5, 5.41) is 0. The molecule has 7 nitrogen and oxygen atoms in total. The molecule has 1 spiro atoms. The highest BCUT2D eigenvalue weighted by Crippen LogP contribution is 2.42. The van der Waals surface area contributed by atoms with E-state index < -0.39 is 0 Å². The molecule has 7 heteroatoms. The van der Waals surface area contributed by atoms with Crippen LogP contribution in [0.2, 0.25) is 0 Å². The highest BCUT2D eigenvalue weighted by Gasteiger charge is 2.45. The van der Waals surface area contributed by atoms with Crippen LogP contribution in [0.15, 0.2) is 30.3 Å². The van der Waals surface area contributed by atoms with Crippen molar-refractivity contribution in [2.45, 2.75) is 45.2 Å². The van der Waals surface area contributed by atoms with Crippen LogP contribution < -0.4 is 9.47 Å². The number of carbonyl (C=O) groups is 2. The van der Waals surface area contributed by atoms with Crippen LogP contribution >= 0.6 is 0 Å². The van der Waals surface area contributed by atoms with Crippen molar-refractivity contribution in [2.75, 3.05) is 40.4 Å². The third-order valence-electron chi connectivity index (χ3n) is 6.96. The molecule has 2 aliphatic heterocycles. The van der Waals surface area contributed by atoms with E-state index in [4.69, 9.17) is 9.47 Å². The number of carbonyl (C=O) groups excluding carboxylic acids is 2. The molecule has 0 saturated carbocycles. The van der Waals surface area contributed by atoms with E-state index >= 15 is 0 Å². The number of methoxy groups -OCH3 is 1. The first-order chi connectivity index (χ1) is 15.4. The zero-order chi connectivity index (χ0) is 22.9. The third kappa shape index (κ3) is 3.79. The number of fused-ring (bicyclic) bond motifs is 2. The van der Waals surface area contributed by atoms with Gasteiger partial charge in [0, 0.05) is 44.4 Å². The number of amides is 1. The van der Waals surface area contributed by atoms with E-state index in [0.717, 1.165) is 38.0 Å². The summed E-state index contributed by atoms with van der Waals surface area (Å²) in [5.74, 6) is 1.36. The van der Waals surface area contributed by atoms with Crippen LogP contribution in [0.4, 0.5) is 0 Å². The van der Waals surface area contributed by atoms with Gasteiger partial charge in [-0.2, -0.15) is 0 Å². The van der Waals surface area contributed by atoms with Gasteiger partial charge in [-0.25, -0.2) is 0 Å². The summed E-state index contributed by atoms with van der Waals surface area (Å²) in [5.41, 5.74) is 2.45. The van der Waals surface area contributed by atoms with Gasteiger partial charge < -0.3 is 18.9 Å². The number of likely N-dealkylation sites (tertiary alicyclic amines) is 1. The number of ether oxygens (including phenoxy) is 2. The normalized spacial score (nSPS) is 17.8. The van der Waals surface area contributed by atoms with Crippen molar-refractivity contribution in [3.63, 3.8) is 0 Å². The molecule has 172 valence electrons. The van der Waals surface area contributed by atoms with Gasteiger partial charge in [0.25, 0.3) is 5.91 Å². The fraction of sp³-hybridized carbons (Fsp3) is 0.520. The van der Waals surface area contributed by atoms with Crippen LogP contribution in [0.1, 0.15) is 59.7 Å². The molecule has 1 saturated heterocycles. The number of hydrogen-bond donors (Lipinski definition) is 0. The maximum Gasteiger partial charge on any atom is 0.253 e. The van der Waals surface area contributed by atoms with Gasteiger partial charge in [-0.3, -0.25) is 14.5 Å². The van der Waals surface area contributed by atoms with E-state index in [1.807, 2.05) is 23.1 Å². The van der Waals surface area contributed by atoms with Crippen molar-refractivity contribution in [1.29, 1.82) is 0 Å². The highest BCUT2D eigenvalue weighted by molar-refractivity contribution is 5.95. The fourth-order valence-corrected chi connectivity index (χ4v) is 5.11. The number of nitrogens with zero attached hydrogens (tertiary/aromatic N) is 3. The van der Waals surface area contributed by atoms with Crippen molar-refractivity contribution in [2.24, 2.45) is 0 Å². The standard InChI is InChI=1S/C25H33N3O4/c1-5-16-32-21-8-6-19(17-22(21)31-4)24(30)27-12-10-25(11-13-27)23-9-7-20(18(2)29)28(23)15-14-26(25)3/h6-9,17H,5,10-16H2,1-4H3. The molecule has 2 aromatic rings. The Balaban J connectivity index is 1.52. The Morgan fingerprint density at radius 2 is 1.78 bits per heavy atom. The van der Waals surface area contributed by atoms with Gasteiger partial charge in [0.2, 0.25) is 0 Å². The first kappa shape index (κ1) is 22.4. The van der Waals surface area contributed by atoms with Crippen molar-refractivity contribution in [3.8, 4) is 11.5 Å². The van der Waals surface area contributed by atoms with Gasteiger partial charge in [-0.05, 0) is 56.6 Å². The van der Waals surface area contributed by atoms with Crippen LogP contribution in [0.25, 0.3) is 0 Å². The molecule has 0 bridgehead atoms. The van der Waals surface area contributed by atoms with Crippen molar-refractivity contribution >= 4 is 11.7 Å². The average Bonchev–Trinajstić information content (AvgIpc) is 3.26. The lowest BCUT2D eigenvalue weighted by molar-refractivity contribution is 0.0128. The molecular formula is C25H33N3O4. The third-order valence-corrected chi connectivity index (χ3v) is 6.96. The Kier molecular flexibility index (Phi) is 6.29. The summed E-state index contributed by atoms with van der Waals surface area (Å²) >= 11 is 0. The summed E-state index contributed by atoms with van der Waals surface area (Å²) < 4.78 is 13.3. The molecule has 0 unspecified atom stereocenters. The predicted octanol–water partition coefficient (Wildman–Crippen LogP) is 3.57. The molecule has 0 radical (unpaired) electrons. The molecule has 0 atom stereocenters. The van der Waals surface area contributed by atoms with Crippen molar-refractivity contribution in [3.05, 3.63) is 47.3 Å². The molecule has 0 N–H and O–H groups in total. The van der Waals surface area contributed by atoms with Crippen molar-refractivity contribution in [1.82, 2.24) is 14.4 Å². The summed E-state index contributed by atoms with van der Waals surface area (Å²) in [6, 6.07) is 9.46. The summed E-state index contributed by atoms with van der Waals surface area (Å²) in [7, 11) is 3.75. The molecule has 1 aromatic carbocycles. The number of Topliss-reactive ketones (excluding diaryl/α,β-unsaturated/α-hetero) is 1. The Hall–Kier alpha value is -2.80. The van der Waals surface area contributed by atoms with Gasteiger partial charge >= 0.3 is 0 Å². The number of ketones is 1. The number of likely N-dealkylation sites (N-methyl/N-ethyl adjacent to an activating group) is 1. The quantitative estimate of drug-likeness (QED) is 0.644. The summed E-state index contributed by atoms with van der Waals surface area (Å²) in [6.07, 6.45) is 2.59. The Morgan fingerprint density at radius 3 is 2.44 bits per heavy atom. The van der Waals surface area contributed by atoms with E-state index in [1.54, 1.807) is 20.1 Å². The maximum absolute atomic E-state index is 13.3. The van der Waals surface area contributed by atoms with Gasteiger partial charge in [0.15, 0.2) is 17.3 Å². The lowest BCUT2D eigenvalue weighted by Gasteiger charge is -2.50. The molecule has 32 heavy (non-hydrogen) atoms. The SMILES string of the molecule is CCCOc1ccc(C(=O)N2CCC3(CC2)c2ccc(C(C)=O)n2CCN3C)cc1OC. The molecule has 2 aliphatic rings. The second kappa shape index (κ2) is 8.98. The first-order valence-corrected chi connectivity index (χ1v) is 11.4. The largest absolute Gasteiger partial charge is 0.493 e.